The number of hydrogen-bond acceptors (Lipinski definition) is 4. The van der Waals surface area contributed by atoms with Crippen LogP contribution in [0.3, 0.4) is 0 Å². The van der Waals surface area contributed by atoms with Crippen LogP contribution in [0, 0.1) is 0 Å². The summed E-state index contributed by atoms with van der Waals surface area (Å²) in [7, 11) is -1.69. The average Bonchev–Trinajstić information content (AvgIpc) is 2.23. The Balaban J connectivity index is 3.80. The van der Waals surface area contributed by atoms with Crippen molar-refractivity contribution in [3.63, 3.8) is 0 Å². The van der Waals surface area contributed by atoms with Crippen molar-refractivity contribution in [2.75, 3.05) is 20.3 Å². The number of esters is 1. The van der Waals surface area contributed by atoms with Gasteiger partial charge in [0.05, 0.1) is 19.3 Å². The van der Waals surface area contributed by atoms with Crippen molar-refractivity contribution in [2.45, 2.75) is 45.2 Å². The van der Waals surface area contributed by atoms with Crippen LogP contribution in [0.15, 0.2) is 12.2 Å². The Bertz CT molecular complexity index is 308. The van der Waals surface area contributed by atoms with Crippen molar-refractivity contribution >= 4 is 22.6 Å². The lowest BCUT2D eigenvalue weighted by Gasteiger charge is -2.31. The van der Waals surface area contributed by atoms with Crippen LogP contribution in [0.5, 0.6) is 0 Å². The molecule has 0 aromatic heterocycles. The summed E-state index contributed by atoms with van der Waals surface area (Å²) in [6, 6.07) is 1.07. The molecule has 4 nitrogen and oxygen atoms in total. The smallest absolute Gasteiger partial charge is 0.335 e. The topological polar surface area (TPSA) is 44.8 Å². The maximum atomic E-state index is 11.1. The summed E-state index contributed by atoms with van der Waals surface area (Å²) in [6.07, 6.45) is 0.957. The van der Waals surface area contributed by atoms with E-state index in [1.807, 2.05) is 0 Å². The van der Waals surface area contributed by atoms with Gasteiger partial charge in [-0.25, -0.2) is 4.79 Å². The molecule has 0 unspecified atom stereocenters. The summed E-state index contributed by atoms with van der Waals surface area (Å²) in [5.74, 6) is -0.406. The van der Waals surface area contributed by atoms with Crippen LogP contribution in [0.25, 0.3) is 0 Å². The van der Waals surface area contributed by atoms with Crippen LogP contribution < -0.4 is 0 Å². The summed E-state index contributed by atoms with van der Waals surface area (Å²) < 4.78 is 16.2. The van der Waals surface area contributed by atoms with Gasteiger partial charge in [-0.15, -0.1) is 0 Å². The molecular formula is C13H28O4Si2. The SMILES string of the molecule is C=C(COCCC[Si](C)(C)O[Si](C)(C)C)C(=O)OC. The lowest BCUT2D eigenvalue weighted by Crippen LogP contribution is -2.42. The van der Waals surface area contributed by atoms with Gasteiger partial charge in [0.1, 0.15) is 0 Å². The standard InChI is InChI=1S/C13H28O4Si2/c1-12(13(14)15-2)11-16-9-8-10-19(6,7)17-18(3,4)5/h1,8-11H2,2-7H3. The van der Waals surface area contributed by atoms with Gasteiger partial charge in [0.25, 0.3) is 0 Å². The summed E-state index contributed by atoms with van der Waals surface area (Å²) >= 11 is 0. The Morgan fingerprint density at radius 2 is 1.74 bits per heavy atom. The van der Waals surface area contributed by atoms with Gasteiger partial charge in [-0.05, 0) is 45.2 Å². The normalized spacial score (nSPS) is 12.3. The number of methoxy groups -OCH3 is 1. The van der Waals surface area contributed by atoms with Crippen LogP contribution >= 0.6 is 0 Å². The highest BCUT2D eigenvalue weighted by molar-refractivity contribution is 6.84. The molecule has 0 saturated heterocycles. The van der Waals surface area contributed by atoms with Crippen LogP contribution in [0.1, 0.15) is 6.42 Å². The fourth-order valence-corrected chi connectivity index (χ4v) is 9.91. The van der Waals surface area contributed by atoms with Crippen molar-refractivity contribution in [2.24, 2.45) is 0 Å². The molecule has 6 heteroatoms. The molecule has 0 aromatic carbocycles. The molecule has 0 fully saturated rings. The highest BCUT2D eigenvalue weighted by Crippen LogP contribution is 2.19. The molecule has 0 N–H and O–H groups in total. The fraction of sp³-hybridized carbons (Fsp3) is 0.769. The Kier molecular flexibility index (Phi) is 7.80. The van der Waals surface area contributed by atoms with Crippen LogP contribution in [-0.2, 0) is 18.4 Å². The van der Waals surface area contributed by atoms with E-state index >= 15 is 0 Å². The van der Waals surface area contributed by atoms with E-state index < -0.39 is 22.6 Å². The van der Waals surface area contributed by atoms with Gasteiger partial charge in [-0.2, -0.15) is 0 Å². The highest BCUT2D eigenvalue weighted by Gasteiger charge is 2.28. The molecule has 0 aliphatic carbocycles. The molecule has 0 atom stereocenters. The van der Waals surface area contributed by atoms with Gasteiger partial charge in [-0.1, -0.05) is 6.58 Å². The third-order valence-corrected chi connectivity index (χ3v) is 8.62. The molecule has 19 heavy (non-hydrogen) atoms. The molecule has 0 heterocycles. The molecule has 0 bridgehead atoms. The average molecular weight is 305 g/mol. The Morgan fingerprint density at radius 3 is 2.21 bits per heavy atom. The number of carbonyl (C=O) groups is 1. The minimum atomic E-state index is -1.58. The van der Waals surface area contributed by atoms with Gasteiger partial charge in [0, 0.05) is 6.61 Å². The predicted molar refractivity (Wildman–Crippen MR) is 83.3 cm³/mol. The molecular weight excluding hydrogens is 276 g/mol. The highest BCUT2D eigenvalue weighted by atomic mass is 28.4. The van der Waals surface area contributed by atoms with Gasteiger partial charge >= 0.3 is 5.97 Å². The third-order valence-electron chi connectivity index (χ3n) is 2.40. The predicted octanol–water partition coefficient (Wildman–Crippen LogP) is 3.18. The number of rotatable bonds is 9. The van der Waals surface area contributed by atoms with Crippen molar-refractivity contribution in [3.05, 3.63) is 12.2 Å². The molecule has 0 rings (SSSR count). The summed E-state index contributed by atoms with van der Waals surface area (Å²) in [4.78, 5) is 11.1. The monoisotopic (exact) mass is 304 g/mol. The van der Waals surface area contributed by atoms with Crippen LogP contribution in [-0.4, -0.2) is 42.9 Å². The van der Waals surface area contributed by atoms with E-state index in [1.54, 1.807) is 0 Å². The van der Waals surface area contributed by atoms with Crippen molar-refractivity contribution in [1.82, 2.24) is 0 Å². The quantitative estimate of drug-likeness (QED) is 0.284. The minimum Gasteiger partial charge on any atom is -0.466 e. The van der Waals surface area contributed by atoms with Crippen LogP contribution in [0.2, 0.25) is 38.8 Å². The van der Waals surface area contributed by atoms with Crippen molar-refractivity contribution in [1.29, 1.82) is 0 Å². The molecule has 0 aliphatic heterocycles. The van der Waals surface area contributed by atoms with Crippen LogP contribution in [0.4, 0.5) is 0 Å². The summed E-state index contributed by atoms with van der Waals surface area (Å²) in [5.41, 5.74) is 0.359. The Hall–Kier alpha value is -0.436. The zero-order valence-corrected chi connectivity index (χ0v) is 15.2. The fourth-order valence-electron chi connectivity index (χ4n) is 1.88. The first-order valence-corrected chi connectivity index (χ1v) is 13.1. The van der Waals surface area contributed by atoms with Crippen molar-refractivity contribution < 1.29 is 18.4 Å². The Morgan fingerprint density at radius 1 is 1.16 bits per heavy atom. The number of hydrogen-bond donors (Lipinski definition) is 0. The molecule has 0 amide bonds. The zero-order valence-electron chi connectivity index (χ0n) is 13.2. The minimum absolute atomic E-state index is 0.240. The van der Waals surface area contributed by atoms with Gasteiger partial charge in [0.2, 0.25) is 0 Å². The lowest BCUT2D eigenvalue weighted by molar-refractivity contribution is -0.136. The number of ether oxygens (including phenoxy) is 2. The van der Waals surface area contributed by atoms with E-state index in [1.165, 1.54) is 7.11 Å². The first-order chi connectivity index (χ1) is 8.57. The molecule has 0 spiro atoms. The van der Waals surface area contributed by atoms with Gasteiger partial charge in [-0.3, -0.25) is 0 Å². The van der Waals surface area contributed by atoms with E-state index in [9.17, 15) is 4.79 Å². The van der Waals surface area contributed by atoms with Gasteiger partial charge in [0.15, 0.2) is 16.6 Å². The van der Waals surface area contributed by atoms with Gasteiger partial charge < -0.3 is 13.6 Å². The maximum absolute atomic E-state index is 11.1. The van der Waals surface area contributed by atoms with E-state index in [0.717, 1.165) is 12.5 Å². The second-order valence-corrected chi connectivity index (χ2v) is 15.3. The largest absolute Gasteiger partial charge is 0.466 e. The maximum Gasteiger partial charge on any atom is 0.335 e. The molecule has 0 aromatic rings. The third kappa shape index (κ3) is 10.1. The van der Waals surface area contributed by atoms with E-state index in [-0.39, 0.29) is 6.61 Å². The first-order valence-electron chi connectivity index (χ1n) is 6.61. The summed E-state index contributed by atoms with van der Waals surface area (Å²) in [5, 5.41) is 0. The second-order valence-electron chi connectivity index (χ2n) is 6.23. The molecule has 0 radical (unpaired) electrons. The molecule has 0 aliphatic rings. The van der Waals surface area contributed by atoms with Crippen molar-refractivity contribution in [3.8, 4) is 0 Å². The van der Waals surface area contributed by atoms with E-state index in [4.69, 9.17) is 8.85 Å². The lowest BCUT2D eigenvalue weighted by atomic mass is 10.3. The summed E-state index contributed by atoms with van der Waals surface area (Å²) in [6.45, 7) is 15.6. The van der Waals surface area contributed by atoms with E-state index in [2.05, 4.69) is 44.1 Å². The Labute approximate surface area is 119 Å². The first kappa shape index (κ1) is 18.6. The molecule has 0 saturated carbocycles. The second kappa shape index (κ2) is 7.99. The zero-order chi connectivity index (χ0) is 15.1. The number of carbonyl (C=O) groups excluding carboxylic acids is 1. The molecule has 112 valence electrons. The van der Waals surface area contributed by atoms with E-state index in [0.29, 0.717) is 12.2 Å².